The van der Waals surface area contributed by atoms with Crippen molar-refractivity contribution in [2.24, 2.45) is 0 Å². The number of nitrogens with one attached hydrogen (secondary N) is 1. The molecule has 0 aromatic heterocycles. The molecule has 0 saturated carbocycles. The van der Waals surface area contributed by atoms with E-state index in [1.807, 2.05) is 13.8 Å². The fourth-order valence-corrected chi connectivity index (χ4v) is 4.93. The van der Waals surface area contributed by atoms with E-state index in [1.165, 1.54) is 12.1 Å². The summed E-state index contributed by atoms with van der Waals surface area (Å²) in [7, 11) is -3.30. The molecular weight excluding hydrogens is 504 g/mol. The lowest BCUT2D eigenvalue weighted by Crippen LogP contribution is -2.47. The first-order chi connectivity index (χ1) is 16.5. The monoisotopic (exact) mass is 534 g/mol. The molecule has 200 valence electrons. The predicted molar refractivity (Wildman–Crippen MR) is 125 cm³/mol. The number of hydrogen-bond donors (Lipinski definition) is 3. The molecule has 0 bridgehead atoms. The molecule has 0 unspecified atom stereocenters. The fraction of sp³-hybridized carbons (Fsp3) is 0.458. The summed E-state index contributed by atoms with van der Waals surface area (Å²) in [5.41, 5.74) is -1.14. The van der Waals surface area contributed by atoms with Crippen LogP contribution in [0.2, 0.25) is 0 Å². The van der Waals surface area contributed by atoms with Gasteiger partial charge < -0.3 is 15.5 Å². The van der Waals surface area contributed by atoms with E-state index in [9.17, 15) is 35.9 Å². The Morgan fingerprint density at radius 1 is 1.11 bits per heavy atom. The van der Waals surface area contributed by atoms with E-state index >= 15 is 0 Å². The molecule has 0 aliphatic carbocycles. The molecule has 36 heavy (non-hydrogen) atoms. The van der Waals surface area contributed by atoms with Crippen LogP contribution in [0.15, 0.2) is 47.4 Å². The Balaban J connectivity index is 2.12. The lowest BCUT2D eigenvalue weighted by molar-refractivity contribution is -0.138. The van der Waals surface area contributed by atoms with Gasteiger partial charge in [-0.1, -0.05) is 12.1 Å². The molecule has 2 aromatic carbocycles. The van der Waals surface area contributed by atoms with Crippen LogP contribution in [0.25, 0.3) is 0 Å². The number of carboxylic acids is 1. The number of halogens is 4. The van der Waals surface area contributed by atoms with Crippen LogP contribution in [0.1, 0.15) is 37.0 Å². The van der Waals surface area contributed by atoms with Crippen LogP contribution in [-0.2, 0) is 33.8 Å². The molecule has 0 fully saturated rings. The van der Waals surface area contributed by atoms with Gasteiger partial charge in [-0.15, -0.1) is 0 Å². The first-order valence-electron chi connectivity index (χ1n) is 11.1. The molecule has 1 atom stereocenters. The van der Waals surface area contributed by atoms with E-state index in [-0.39, 0.29) is 24.3 Å². The van der Waals surface area contributed by atoms with Crippen LogP contribution in [-0.4, -0.2) is 60.7 Å². The average molecular weight is 535 g/mol. The predicted octanol–water partition coefficient (Wildman–Crippen LogP) is 3.45. The van der Waals surface area contributed by atoms with Crippen LogP contribution in [0.3, 0.4) is 0 Å². The van der Waals surface area contributed by atoms with Crippen molar-refractivity contribution >= 4 is 16.0 Å². The van der Waals surface area contributed by atoms with Crippen molar-refractivity contribution < 1.29 is 41.0 Å². The van der Waals surface area contributed by atoms with Gasteiger partial charge in [-0.2, -0.15) is 17.5 Å². The van der Waals surface area contributed by atoms with Gasteiger partial charge in [0.2, 0.25) is 10.0 Å². The van der Waals surface area contributed by atoms with Gasteiger partial charge >= 0.3 is 12.1 Å². The van der Waals surface area contributed by atoms with Crippen molar-refractivity contribution in [3.8, 4) is 0 Å². The summed E-state index contributed by atoms with van der Waals surface area (Å²) in [6.07, 6.45) is -6.35. The Kier molecular flexibility index (Phi) is 9.63. The number of β-amino-alcohol motifs (C(OH)–C–C–N with tert-alkyl or cyclic N) is 1. The highest BCUT2D eigenvalue weighted by molar-refractivity contribution is 7.89. The summed E-state index contributed by atoms with van der Waals surface area (Å²) in [5.74, 6) is -1.61. The van der Waals surface area contributed by atoms with Crippen molar-refractivity contribution in [3.05, 3.63) is 65.0 Å². The van der Waals surface area contributed by atoms with Crippen molar-refractivity contribution in [1.29, 1.82) is 0 Å². The first-order valence-corrected chi connectivity index (χ1v) is 12.5. The Bertz CT molecular complexity index is 1170. The second-order valence-electron chi connectivity index (χ2n) is 9.27. The molecule has 0 aliphatic rings. The summed E-state index contributed by atoms with van der Waals surface area (Å²) in [5, 5.41) is 22.3. The number of rotatable bonds is 12. The number of nitrogens with zero attached hydrogens (tertiary/aromatic N) is 1. The highest BCUT2D eigenvalue weighted by Gasteiger charge is 2.34. The summed E-state index contributed by atoms with van der Waals surface area (Å²) < 4.78 is 80.2. The van der Waals surface area contributed by atoms with Gasteiger partial charge in [0.05, 0.1) is 16.6 Å². The topological polar surface area (TPSA) is 107 Å². The molecule has 0 radical (unpaired) electrons. The maximum absolute atomic E-state index is 13.4. The van der Waals surface area contributed by atoms with E-state index in [0.29, 0.717) is 12.5 Å². The molecular formula is C24H30F4N2O5S. The molecule has 2 aromatic rings. The molecule has 2 rings (SSSR count). The molecule has 0 amide bonds. The zero-order chi connectivity index (χ0) is 27.3. The molecule has 12 heteroatoms. The fourth-order valence-electron chi connectivity index (χ4n) is 3.62. The third kappa shape index (κ3) is 8.84. The zero-order valence-electron chi connectivity index (χ0n) is 20.1. The van der Waals surface area contributed by atoms with E-state index in [0.717, 1.165) is 29.0 Å². The number of benzene rings is 2. The van der Waals surface area contributed by atoms with Gasteiger partial charge in [0, 0.05) is 32.1 Å². The maximum atomic E-state index is 13.4. The lowest BCUT2D eigenvalue weighted by Gasteiger charge is -2.29. The standard InChI is InChI=1S/C24H30F4N2O5S/c1-23(2,13-17-5-4-6-19(25)10-17)29-14-20(31)15-30(3)36(34,35)21-11-16(7-8-22(32)33)9-18(12-21)24(26,27)28/h4-6,9-12,20,29,31H,7-8,13-15H2,1-3H3,(H,32,33)/t20-/m1/s1. The smallest absolute Gasteiger partial charge is 0.416 e. The molecule has 0 saturated heterocycles. The number of hydrogen-bond acceptors (Lipinski definition) is 5. The highest BCUT2D eigenvalue weighted by atomic mass is 32.2. The zero-order valence-corrected chi connectivity index (χ0v) is 21.0. The number of aliphatic hydroxyl groups excluding tert-OH is 1. The minimum Gasteiger partial charge on any atom is -0.481 e. The largest absolute Gasteiger partial charge is 0.481 e. The minimum atomic E-state index is -4.83. The Labute approximate surface area is 207 Å². The number of alkyl halides is 3. The van der Waals surface area contributed by atoms with Crippen molar-refractivity contribution in [3.63, 3.8) is 0 Å². The molecule has 0 heterocycles. The molecule has 0 spiro atoms. The second kappa shape index (κ2) is 11.7. The van der Waals surface area contributed by atoms with E-state index < -0.39 is 57.2 Å². The summed E-state index contributed by atoms with van der Waals surface area (Å²) >= 11 is 0. The Morgan fingerprint density at radius 2 is 1.78 bits per heavy atom. The number of likely N-dealkylation sites (N-methyl/N-ethyl adjacent to an activating group) is 1. The maximum Gasteiger partial charge on any atom is 0.416 e. The normalized spacial score (nSPS) is 13.7. The van der Waals surface area contributed by atoms with Gasteiger partial charge in [-0.05, 0) is 68.1 Å². The SMILES string of the molecule is CN(C[C@H](O)CNC(C)(C)Cc1cccc(F)c1)S(=O)(=O)c1cc(CCC(=O)O)cc(C(F)(F)F)c1. The minimum absolute atomic E-state index is 0.0331. The van der Waals surface area contributed by atoms with Crippen LogP contribution in [0.4, 0.5) is 17.6 Å². The second-order valence-corrected chi connectivity index (χ2v) is 11.3. The van der Waals surface area contributed by atoms with E-state index in [2.05, 4.69) is 5.32 Å². The number of carboxylic acid groups (broad SMARTS) is 1. The quantitative estimate of drug-likeness (QED) is 0.360. The van der Waals surface area contributed by atoms with Crippen LogP contribution >= 0.6 is 0 Å². The van der Waals surface area contributed by atoms with Gasteiger partial charge in [-0.25, -0.2) is 12.8 Å². The molecule has 0 aliphatic heterocycles. The van der Waals surface area contributed by atoms with E-state index in [1.54, 1.807) is 12.1 Å². The Hall–Kier alpha value is -2.54. The highest BCUT2D eigenvalue weighted by Crippen LogP contribution is 2.32. The average Bonchev–Trinajstić information content (AvgIpc) is 2.75. The Morgan fingerprint density at radius 3 is 2.36 bits per heavy atom. The van der Waals surface area contributed by atoms with Gasteiger partial charge in [0.1, 0.15) is 5.82 Å². The van der Waals surface area contributed by atoms with E-state index in [4.69, 9.17) is 5.11 Å². The lowest BCUT2D eigenvalue weighted by atomic mass is 9.94. The van der Waals surface area contributed by atoms with Crippen LogP contribution in [0.5, 0.6) is 0 Å². The number of aliphatic carboxylic acids is 1. The van der Waals surface area contributed by atoms with Gasteiger partial charge in [0.25, 0.3) is 0 Å². The summed E-state index contributed by atoms with van der Waals surface area (Å²) in [6.45, 7) is 3.21. The van der Waals surface area contributed by atoms with Crippen molar-refractivity contribution in [2.75, 3.05) is 20.1 Å². The van der Waals surface area contributed by atoms with Crippen LogP contribution < -0.4 is 5.32 Å². The van der Waals surface area contributed by atoms with Crippen molar-refractivity contribution in [1.82, 2.24) is 9.62 Å². The van der Waals surface area contributed by atoms with Crippen molar-refractivity contribution in [2.45, 2.75) is 55.8 Å². The number of aliphatic hydroxyl groups is 1. The summed E-state index contributed by atoms with van der Waals surface area (Å²) in [6, 6.07) is 8.27. The van der Waals surface area contributed by atoms with Gasteiger partial charge in [-0.3, -0.25) is 4.79 Å². The third-order valence-electron chi connectivity index (χ3n) is 5.45. The van der Waals surface area contributed by atoms with Gasteiger partial charge in [0.15, 0.2) is 0 Å². The number of carbonyl (C=O) groups is 1. The van der Waals surface area contributed by atoms with Crippen LogP contribution in [0, 0.1) is 5.82 Å². The summed E-state index contributed by atoms with van der Waals surface area (Å²) in [4.78, 5) is 10.2. The molecule has 7 nitrogen and oxygen atoms in total. The number of aryl methyl sites for hydroxylation is 1. The number of sulfonamides is 1. The third-order valence-corrected chi connectivity index (χ3v) is 7.25. The first kappa shape index (κ1) is 29.7. The molecule has 3 N–H and O–H groups in total.